The molecule has 0 fully saturated rings. The number of carbonyl (C=O) groups excluding carboxylic acids is 1. The van der Waals surface area contributed by atoms with Crippen LogP contribution in [0.25, 0.3) is 0 Å². The molecule has 0 unspecified atom stereocenters. The maximum absolute atomic E-state index is 11.8. The average Bonchev–Trinajstić information content (AvgIpc) is 2.88. The molecular formula is C12H10N4O2. The van der Waals surface area contributed by atoms with E-state index in [1.54, 1.807) is 24.3 Å². The number of hydrogen-bond acceptors (Lipinski definition) is 5. The second-order valence-corrected chi connectivity index (χ2v) is 3.43. The number of nitrogens with one attached hydrogen (secondary N) is 1. The molecule has 6 nitrogen and oxygen atoms in total. The quantitative estimate of drug-likeness (QED) is 0.842. The molecule has 0 spiro atoms. The minimum Gasteiger partial charge on any atom is -0.434 e. The van der Waals surface area contributed by atoms with Gasteiger partial charge in [-0.2, -0.15) is 5.26 Å². The van der Waals surface area contributed by atoms with Crippen molar-refractivity contribution in [2.45, 2.75) is 6.54 Å². The van der Waals surface area contributed by atoms with Gasteiger partial charge in [-0.15, -0.1) is 0 Å². The minimum atomic E-state index is -0.468. The molecule has 1 aromatic heterocycles. The lowest BCUT2D eigenvalue weighted by Crippen LogP contribution is -2.12. The van der Waals surface area contributed by atoms with Gasteiger partial charge >= 0.3 is 0 Å². The third kappa shape index (κ3) is 2.36. The standard InChI is InChI=1S/C12H10N4O2/c13-5-8-3-1-2-4-9(8)16-12(17)10-7-15-11(6-14)18-10/h1-4,7H,6,14H2,(H,16,17). The van der Waals surface area contributed by atoms with Crippen LogP contribution in [0.15, 0.2) is 34.9 Å². The van der Waals surface area contributed by atoms with Crippen molar-refractivity contribution < 1.29 is 9.21 Å². The number of para-hydroxylation sites is 1. The van der Waals surface area contributed by atoms with Crippen molar-refractivity contribution in [3.05, 3.63) is 47.7 Å². The minimum absolute atomic E-state index is 0.0585. The van der Waals surface area contributed by atoms with Crippen molar-refractivity contribution >= 4 is 11.6 Å². The Labute approximate surface area is 103 Å². The number of rotatable bonds is 3. The molecule has 18 heavy (non-hydrogen) atoms. The molecule has 0 aliphatic heterocycles. The highest BCUT2D eigenvalue weighted by molar-refractivity contribution is 6.02. The summed E-state index contributed by atoms with van der Waals surface area (Å²) < 4.78 is 5.11. The second-order valence-electron chi connectivity index (χ2n) is 3.43. The monoisotopic (exact) mass is 242 g/mol. The summed E-state index contributed by atoms with van der Waals surface area (Å²) in [5.74, 6) is -0.123. The first kappa shape index (κ1) is 11.8. The number of anilines is 1. The molecule has 0 bridgehead atoms. The Morgan fingerprint density at radius 1 is 1.50 bits per heavy atom. The van der Waals surface area contributed by atoms with Crippen molar-refractivity contribution in [3.8, 4) is 6.07 Å². The Kier molecular flexibility index (Phi) is 3.36. The summed E-state index contributed by atoms with van der Waals surface area (Å²) in [6, 6.07) is 8.68. The predicted molar refractivity (Wildman–Crippen MR) is 63.5 cm³/mol. The van der Waals surface area contributed by atoms with Crippen molar-refractivity contribution in [1.29, 1.82) is 5.26 Å². The summed E-state index contributed by atoms with van der Waals surface area (Å²) in [7, 11) is 0. The zero-order valence-electron chi connectivity index (χ0n) is 9.38. The van der Waals surface area contributed by atoms with E-state index in [1.165, 1.54) is 6.20 Å². The van der Waals surface area contributed by atoms with E-state index >= 15 is 0 Å². The maximum atomic E-state index is 11.8. The van der Waals surface area contributed by atoms with Crippen LogP contribution in [0.1, 0.15) is 22.0 Å². The first-order valence-electron chi connectivity index (χ1n) is 5.20. The number of nitriles is 1. The van der Waals surface area contributed by atoms with Crippen molar-refractivity contribution in [2.24, 2.45) is 5.73 Å². The van der Waals surface area contributed by atoms with Gasteiger partial charge in [-0.1, -0.05) is 12.1 Å². The Hall–Kier alpha value is -2.65. The number of nitrogens with two attached hydrogens (primary N) is 1. The third-order valence-corrected chi connectivity index (χ3v) is 2.25. The number of oxazole rings is 1. The smallest absolute Gasteiger partial charge is 0.293 e. The summed E-state index contributed by atoms with van der Waals surface area (Å²) >= 11 is 0. The van der Waals surface area contributed by atoms with Gasteiger partial charge < -0.3 is 15.5 Å². The highest BCUT2D eigenvalue weighted by Crippen LogP contribution is 2.15. The fourth-order valence-electron chi connectivity index (χ4n) is 1.38. The number of amides is 1. The van der Waals surface area contributed by atoms with Crippen LogP contribution in [0, 0.1) is 11.3 Å². The van der Waals surface area contributed by atoms with Crippen molar-refractivity contribution in [1.82, 2.24) is 4.98 Å². The molecule has 1 amide bonds. The fraction of sp³-hybridized carbons (Fsp3) is 0.0833. The van der Waals surface area contributed by atoms with Crippen LogP contribution in [0.5, 0.6) is 0 Å². The molecule has 6 heteroatoms. The number of benzene rings is 1. The Bertz CT molecular complexity index is 613. The van der Waals surface area contributed by atoms with Crippen LogP contribution in [0.4, 0.5) is 5.69 Å². The van der Waals surface area contributed by atoms with E-state index < -0.39 is 5.91 Å². The van der Waals surface area contributed by atoms with E-state index in [9.17, 15) is 4.79 Å². The molecule has 1 aromatic carbocycles. The topological polar surface area (TPSA) is 105 Å². The highest BCUT2D eigenvalue weighted by atomic mass is 16.4. The Balaban J connectivity index is 2.19. The normalized spacial score (nSPS) is 9.78. The van der Waals surface area contributed by atoms with E-state index in [0.717, 1.165) is 0 Å². The summed E-state index contributed by atoms with van der Waals surface area (Å²) in [4.78, 5) is 15.6. The summed E-state index contributed by atoms with van der Waals surface area (Å²) in [5.41, 5.74) is 6.14. The zero-order chi connectivity index (χ0) is 13.0. The SMILES string of the molecule is N#Cc1ccccc1NC(=O)c1cnc(CN)o1. The number of carbonyl (C=O) groups is 1. The molecule has 0 saturated carbocycles. The number of hydrogen-bond donors (Lipinski definition) is 2. The van der Waals surface area contributed by atoms with Gasteiger partial charge in [0.2, 0.25) is 11.7 Å². The highest BCUT2D eigenvalue weighted by Gasteiger charge is 2.13. The van der Waals surface area contributed by atoms with E-state index in [1.807, 2.05) is 6.07 Å². The van der Waals surface area contributed by atoms with Crippen LogP contribution < -0.4 is 11.1 Å². The van der Waals surface area contributed by atoms with Crippen molar-refractivity contribution in [3.63, 3.8) is 0 Å². The predicted octanol–water partition coefficient (Wildman–Crippen LogP) is 1.26. The van der Waals surface area contributed by atoms with Crippen LogP contribution in [0.2, 0.25) is 0 Å². The van der Waals surface area contributed by atoms with Gasteiger partial charge in [0.05, 0.1) is 24.0 Å². The van der Waals surface area contributed by atoms with Gasteiger partial charge in [-0.3, -0.25) is 4.79 Å². The van der Waals surface area contributed by atoms with E-state index in [4.69, 9.17) is 15.4 Å². The van der Waals surface area contributed by atoms with Crippen LogP contribution in [-0.4, -0.2) is 10.9 Å². The van der Waals surface area contributed by atoms with Gasteiger partial charge in [0.1, 0.15) is 6.07 Å². The second kappa shape index (κ2) is 5.12. The molecule has 1 heterocycles. The number of nitrogens with zero attached hydrogens (tertiary/aromatic N) is 2. The van der Waals surface area contributed by atoms with Gasteiger partial charge in [-0.25, -0.2) is 4.98 Å². The third-order valence-electron chi connectivity index (χ3n) is 2.25. The first-order chi connectivity index (χ1) is 8.74. The van der Waals surface area contributed by atoms with Gasteiger partial charge in [0, 0.05) is 0 Å². The van der Waals surface area contributed by atoms with E-state index in [0.29, 0.717) is 11.3 Å². The van der Waals surface area contributed by atoms with E-state index in [2.05, 4.69) is 10.3 Å². The van der Waals surface area contributed by atoms with Crippen LogP contribution >= 0.6 is 0 Å². The Morgan fingerprint density at radius 3 is 2.94 bits per heavy atom. The largest absolute Gasteiger partial charge is 0.434 e. The van der Waals surface area contributed by atoms with Crippen LogP contribution in [-0.2, 0) is 6.54 Å². The summed E-state index contributed by atoms with van der Waals surface area (Å²) in [6.07, 6.45) is 1.30. The first-order valence-corrected chi connectivity index (χ1v) is 5.20. The lowest BCUT2D eigenvalue weighted by molar-refractivity contribution is 0.0995. The van der Waals surface area contributed by atoms with E-state index in [-0.39, 0.29) is 18.2 Å². The Morgan fingerprint density at radius 2 is 2.28 bits per heavy atom. The van der Waals surface area contributed by atoms with Gasteiger partial charge in [-0.05, 0) is 12.1 Å². The van der Waals surface area contributed by atoms with Crippen molar-refractivity contribution in [2.75, 3.05) is 5.32 Å². The number of aromatic nitrogens is 1. The molecule has 0 radical (unpaired) electrons. The lowest BCUT2D eigenvalue weighted by atomic mass is 10.2. The lowest BCUT2D eigenvalue weighted by Gasteiger charge is -2.04. The van der Waals surface area contributed by atoms with Crippen LogP contribution in [0.3, 0.4) is 0 Å². The molecule has 2 aromatic rings. The molecule has 2 rings (SSSR count). The summed E-state index contributed by atoms with van der Waals surface area (Å²) in [6.45, 7) is 0.127. The molecule has 0 atom stereocenters. The van der Waals surface area contributed by atoms with Gasteiger partial charge in [0.25, 0.3) is 5.91 Å². The maximum Gasteiger partial charge on any atom is 0.293 e. The molecule has 0 aliphatic carbocycles. The zero-order valence-corrected chi connectivity index (χ0v) is 9.38. The molecule has 3 N–H and O–H groups in total. The van der Waals surface area contributed by atoms with Gasteiger partial charge in [0.15, 0.2) is 0 Å². The molecular weight excluding hydrogens is 232 g/mol. The fourth-order valence-corrected chi connectivity index (χ4v) is 1.38. The average molecular weight is 242 g/mol. The summed E-state index contributed by atoms with van der Waals surface area (Å²) in [5, 5.41) is 11.5. The molecule has 0 saturated heterocycles. The molecule has 0 aliphatic rings. The molecule has 90 valence electrons.